The molecule has 12 heavy (non-hydrogen) atoms. The number of nitrogens with one attached hydrogen (secondary N) is 1. The highest BCUT2D eigenvalue weighted by atomic mass is 15.2. The summed E-state index contributed by atoms with van der Waals surface area (Å²) in [6.07, 6.45) is 3.80. The zero-order valence-electron chi connectivity index (χ0n) is 7.71. The SMILES string of the molecule is CNCC1CCCCN1CC#N. The molecule has 1 atom stereocenters. The highest BCUT2D eigenvalue weighted by molar-refractivity contribution is 4.85. The smallest absolute Gasteiger partial charge is 0.0868 e. The van der Waals surface area contributed by atoms with Crippen LogP contribution in [-0.4, -0.2) is 37.6 Å². The van der Waals surface area contributed by atoms with E-state index in [9.17, 15) is 0 Å². The van der Waals surface area contributed by atoms with E-state index < -0.39 is 0 Å². The molecule has 1 aliphatic heterocycles. The lowest BCUT2D eigenvalue weighted by Crippen LogP contribution is -2.44. The van der Waals surface area contributed by atoms with Crippen molar-refractivity contribution in [1.82, 2.24) is 10.2 Å². The summed E-state index contributed by atoms with van der Waals surface area (Å²) in [4.78, 5) is 2.28. The molecule has 0 aromatic carbocycles. The van der Waals surface area contributed by atoms with Crippen LogP contribution in [0.5, 0.6) is 0 Å². The van der Waals surface area contributed by atoms with E-state index >= 15 is 0 Å². The average molecular weight is 167 g/mol. The van der Waals surface area contributed by atoms with Crippen LogP contribution in [0.2, 0.25) is 0 Å². The first kappa shape index (κ1) is 9.50. The Morgan fingerprint density at radius 3 is 3.08 bits per heavy atom. The van der Waals surface area contributed by atoms with Gasteiger partial charge >= 0.3 is 0 Å². The highest BCUT2D eigenvalue weighted by Crippen LogP contribution is 2.15. The third-order valence-corrected chi connectivity index (χ3v) is 2.46. The maximum atomic E-state index is 8.59. The molecule has 1 heterocycles. The summed E-state index contributed by atoms with van der Waals surface area (Å²) in [5, 5.41) is 11.8. The van der Waals surface area contributed by atoms with Crippen LogP contribution in [0.15, 0.2) is 0 Å². The summed E-state index contributed by atoms with van der Waals surface area (Å²) in [6.45, 7) is 2.70. The molecule has 1 unspecified atom stereocenters. The molecule has 0 radical (unpaired) electrons. The fourth-order valence-electron chi connectivity index (χ4n) is 1.83. The molecule has 3 nitrogen and oxygen atoms in total. The van der Waals surface area contributed by atoms with Crippen LogP contribution in [0, 0.1) is 11.3 Å². The molecule has 0 aromatic rings. The van der Waals surface area contributed by atoms with E-state index in [0.29, 0.717) is 12.6 Å². The van der Waals surface area contributed by atoms with Crippen molar-refractivity contribution in [2.45, 2.75) is 25.3 Å². The van der Waals surface area contributed by atoms with E-state index in [1.807, 2.05) is 7.05 Å². The predicted octanol–water partition coefficient (Wildman–Crippen LogP) is 0.584. The first-order valence-corrected chi connectivity index (χ1v) is 4.64. The first-order chi connectivity index (χ1) is 5.88. The summed E-state index contributed by atoms with van der Waals surface area (Å²) in [5.74, 6) is 0. The van der Waals surface area contributed by atoms with E-state index in [1.165, 1.54) is 19.3 Å². The molecule has 0 bridgehead atoms. The van der Waals surface area contributed by atoms with Gasteiger partial charge < -0.3 is 5.32 Å². The largest absolute Gasteiger partial charge is 0.318 e. The Morgan fingerprint density at radius 1 is 1.58 bits per heavy atom. The van der Waals surface area contributed by atoms with Crippen LogP contribution in [0.1, 0.15) is 19.3 Å². The number of nitriles is 1. The zero-order chi connectivity index (χ0) is 8.81. The van der Waals surface area contributed by atoms with Gasteiger partial charge in [-0.15, -0.1) is 0 Å². The Balaban J connectivity index is 2.38. The minimum atomic E-state index is 0.586. The van der Waals surface area contributed by atoms with Crippen LogP contribution < -0.4 is 5.32 Å². The van der Waals surface area contributed by atoms with Crippen molar-refractivity contribution >= 4 is 0 Å². The Kier molecular flexibility index (Phi) is 4.06. The van der Waals surface area contributed by atoms with Gasteiger partial charge in [-0.25, -0.2) is 0 Å². The minimum absolute atomic E-state index is 0.586. The third kappa shape index (κ3) is 2.47. The van der Waals surface area contributed by atoms with Gasteiger partial charge in [0.05, 0.1) is 12.6 Å². The molecular weight excluding hydrogens is 150 g/mol. The molecule has 1 N–H and O–H groups in total. The fraction of sp³-hybridized carbons (Fsp3) is 0.889. The minimum Gasteiger partial charge on any atom is -0.318 e. The van der Waals surface area contributed by atoms with Gasteiger partial charge in [-0.05, 0) is 26.4 Å². The van der Waals surface area contributed by atoms with Crippen molar-refractivity contribution in [3.05, 3.63) is 0 Å². The quantitative estimate of drug-likeness (QED) is 0.625. The number of rotatable bonds is 3. The fourth-order valence-corrected chi connectivity index (χ4v) is 1.83. The van der Waals surface area contributed by atoms with Gasteiger partial charge in [0.15, 0.2) is 0 Å². The number of nitrogens with zero attached hydrogens (tertiary/aromatic N) is 2. The van der Waals surface area contributed by atoms with Gasteiger partial charge in [0.25, 0.3) is 0 Å². The van der Waals surface area contributed by atoms with Crippen LogP contribution >= 0.6 is 0 Å². The highest BCUT2D eigenvalue weighted by Gasteiger charge is 2.20. The van der Waals surface area contributed by atoms with Crippen LogP contribution in [0.3, 0.4) is 0 Å². The molecule has 1 fully saturated rings. The second-order valence-electron chi connectivity index (χ2n) is 3.34. The van der Waals surface area contributed by atoms with Gasteiger partial charge in [-0.3, -0.25) is 4.90 Å². The van der Waals surface area contributed by atoms with E-state index in [1.54, 1.807) is 0 Å². The molecule has 1 aliphatic rings. The number of piperidine rings is 1. The lowest BCUT2D eigenvalue weighted by atomic mass is 10.0. The third-order valence-electron chi connectivity index (χ3n) is 2.46. The zero-order valence-corrected chi connectivity index (χ0v) is 7.71. The van der Waals surface area contributed by atoms with Crippen molar-refractivity contribution in [2.75, 3.05) is 26.7 Å². The van der Waals surface area contributed by atoms with Crippen molar-refractivity contribution in [2.24, 2.45) is 0 Å². The van der Waals surface area contributed by atoms with Gasteiger partial charge in [0.2, 0.25) is 0 Å². The molecule has 0 aromatic heterocycles. The van der Waals surface area contributed by atoms with Crippen LogP contribution in [0.4, 0.5) is 0 Å². The average Bonchev–Trinajstić information content (AvgIpc) is 2.09. The van der Waals surface area contributed by atoms with Crippen molar-refractivity contribution in [3.8, 4) is 6.07 Å². The summed E-state index contributed by atoms with van der Waals surface area (Å²) in [6, 6.07) is 2.81. The Morgan fingerprint density at radius 2 is 2.42 bits per heavy atom. The Bertz CT molecular complexity index is 160. The van der Waals surface area contributed by atoms with Gasteiger partial charge in [-0.1, -0.05) is 6.42 Å². The lowest BCUT2D eigenvalue weighted by Gasteiger charge is -2.33. The number of likely N-dealkylation sites (N-methyl/N-ethyl adjacent to an activating group) is 1. The molecule has 1 rings (SSSR count). The Labute approximate surface area is 74.4 Å². The lowest BCUT2D eigenvalue weighted by molar-refractivity contribution is 0.166. The first-order valence-electron chi connectivity index (χ1n) is 4.64. The van der Waals surface area contributed by atoms with Crippen molar-refractivity contribution in [3.63, 3.8) is 0 Å². The molecule has 0 spiro atoms. The Hall–Kier alpha value is -0.590. The molecule has 1 saturated heterocycles. The summed E-state index contributed by atoms with van der Waals surface area (Å²) in [7, 11) is 1.97. The van der Waals surface area contributed by atoms with E-state index in [0.717, 1.165) is 13.1 Å². The van der Waals surface area contributed by atoms with E-state index in [2.05, 4.69) is 16.3 Å². The molecule has 0 saturated carbocycles. The number of hydrogen-bond donors (Lipinski definition) is 1. The molecular formula is C9H17N3. The molecule has 3 heteroatoms. The maximum Gasteiger partial charge on any atom is 0.0868 e. The van der Waals surface area contributed by atoms with E-state index in [4.69, 9.17) is 5.26 Å². The van der Waals surface area contributed by atoms with Gasteiger partial charge in [0, 0.05) is 12.6 Å². The molecule has 68 valence electrons. The summed E-state index contributed by atoms with van der Waals surface area (Å²) in [5.41, 5.74) is 0. The predicted molar refractivity (Wildman–Crippen MR) is 48.8 cm³/mol. The molecule has 0 aliphatic carbocycles. The van der Waals surface area contributed by atoms with Crippen LogP contribution in [-0.2, 0) is 0 Å². The second kappa shape index (κ2) is 5.13. The normalized spacial score (nSPS) is 25.2. The van der Waals surface area contributed by atoms with Crippen molar-refractivity contribution < 1.29 is 0 Å². The number of likely N-dealkylation sites (tertiary alicyclic amines) is 1. The van der Waals surface area contributed by atoms with Crippen LogP contribution in [0.25, 0.3) is 0 Å². The summed E-state index contributed by atoms with van der Waals surface area (Å²) >= 11 is 0. The monoisotopic (exact) mass is 167 g/mol. The van der Waals surface area contributed by atoms with E-state index in [-0.39, 0.29) is 0 Å². The van der Waals surface area contributed by atoms with Gasteiger partial charge in [-0.2, -0.15) is 5.26 Å². The van der Waals surface area contributed by atoms with Gasteiger partial charge in [0.1, 0.15) is 0 Å². The standard InChI is InChI=1S/C9H17N3/c1-11-8-9-4-2-3-6-12(9)7-5-10/h9,11H,2-4,6-8H2,1H3. The molecule has 0 amide bonds. The topological polar surface area (TPSA) is 39.1 Å². The summed E-state index contributed by atoms with van der Waals surface area (Å²) < 4.78 is 0. The maximum absolute atomic E-state index is 8.59. The second-order valence-corrected chi connectivity index (χ2v) is 3.34. The number of hydrogen-bond acceptors (Lipinski definition) is 3. The van der Waals surface area contributed by atoms with Crippen molar-refractivity contribution in [1.29, 1.82) is 5.26 Å².